The Balaban J connectivity index is 2.12. The summed E-state index contributed by atoms with van der Waals surface area (Å²) in [6, 6.07) is 0.626. The minimum atomic E-state index is 0.626. The zero-order valence-corrected chi connectivity index (χ0v) is 12.3. The fourth-order valence-corrected chi connectivity index (χ4v) is 2.27. The van der Waals surface area contributed by atoms with Gasteiger partial charge in [-0.25, -0.2) is 0 Å². The maximum Gasteiger partial charge on any atom is 0.0593 e. The summed E-state index contributed by atoms with van der Waals surface area (Å²) in [5.41, 5.74) is 0. The Morgan fingerprint density at radius 1 is 1.28 bits per heavy atom. The van der Waals surface area contributed by atoms with Crippen molar-refractivity contribution in [3.63, 3.8) is 0 Å². The number of methoxy groups -OCH3 is 1. The van der Waals surface area contributed by atoms with Gasteiger partial charge in [0.1, 0.15) is 0 Å². The Kier molecular flexibility index (Phi) is 8.59. The molecule has 1 fully saturated rings. The van der Waals surface area contributed by atoms with E-state index in [-0.39, 0.29) is 0 Å². The number of hydrogen-bond donors (Lipinski definition) is 1. The van der Waals surface area contributed by atoms with Gasteiger partial charge >= 0.3 is 0 Å². The summed E-state index contributed by atoms with van der Waals surface area (Å²) < 4.78 is 10.6. The highest BCUT2D eigenvalue weighted by Crippen LogP contribution is 2.08. The van der Waals surface area contributed by atoms with Gasteiger partial charge in [-0.1, -0.05) is 13.8 Å². The van der Waals surface area contributed by atoms with Crippen LogP contribution in [-0.4, -0.2) is 64.1 Å². The molecule has 1 atom stereocenters. The highest BCUT2D eigenvalue weighted by molar-refractivity contribution is 4.78. The quantitative estimate of drug-likeness (QED) is 0.667. The lowest BCUT2D eigenvalue weighted by Crippen LogP contribution is -2.42. The molecule has 1 heterocycles. The second-order valence-corrected chi connectivity index (χ2v) is 5.42. The largest absolute Gasteiger partial charge is 0.385 e. The molecule has 0 aromatic carbocycles. The van der Waals surface area contributed by atoms with Crippen LogP contribution in [0.5, 0.6) is 0 Å². The molecule has 1 aliphatic rings. The van der Waals surface area contributed by atoms with Gasteiger partial charge in [-0.15, -0.1) is 0 Å². The highest BCUT2D eigenvalue weighted by atomic mass is 16.5. The van der Waals surface area contributed by atoms with Gasteiger partial charge in [-0.2, -0.15) is 0 Å². The average Bonchev–Trinajstić information content (AvgIpc) is 2.59. The van der Waals surface area contributed by atoms with Gasteiger partial charge in [0.25, 0.3) is 0 Å². The molecule has 4 nitrogen and oxygen atoms in total. The summed E-state index contributed by atoms with van der Waals surface area (Å²) >= 11 is 0. The summed E-state index contributed by atoms with van der Waals surface area (Å²) in [5, 5.41) is 3.63. The van der Waals surface area contributed by atoms with E-state index in [1.165, 1.54) is 13.0 Å². The maximum absolute atomic E-state index is 5.63. The predicted molar refractivity (Wildman–Crippen MR) is 75.0 cm³/mol. The first-order valence-corrected chi connectivity index (χ1v) is 7.26. The molecule has 0 amide bonds. The Hall–Kier alpha value is -0.160. The van der Waals surface area contributed by atoms with Crippen LogP contribution >= 0.6 is 0 Å². The van der Waals surface area contributed by atoms with E-state index in [2.05, 4.69) is 24.1 Å². The van der Waals surface area contributed by atoms with Gasteiger partial charge < -0.3 is 14.8 Å². The normalized spacial score (nSPS) is 22.3. The van der Waals surface area contributed by atoms with Crippen LogP contribution in [0, 0.1) is 5.92 Å². The lowest BCUT2D eigenvalue weighted by molar-refractivity contribution is 0.0822. The topological polar surface area (TPSA) is 33.7 Å². The molecule has 18 heavy (non-hydrogen) atoms. The van der Waals surface area contributed by atoms with Gasteiger partial charge in [0.15, 0.2) is 0 Å². The lowest BCUT2D eigenvalue weighted by Gasteiger charge is -2.26. The predicted octanol–water partition coefficient (Wildman–Crippen LogP) is 1.36. The molecule has 4 heteroatoms. The van der Waals surface area contributed by atoms with Crippen LogP contribution in [0.3, 0.4) is 0 Å². The average molecular weight is 258 g/mol. The van der Waals surface area contributed by atoms with Crippen molar-refractivity contribution in [2.75, 3.05) is 53.1 Å². The van der Waals surface area contributed by atoms with Crippen LogP contribution in [0.1, 0.15) is 26.7 Å². The number of hydrogen-bond acceptors (Lipinski definition) is 4. The second kappa shape index (κ2) is 9.73. The van der Waals surface area contributed by atoms with Crippen molar-refractivity contribution < 1.29 is 9.47 Å². The van der Waals surface area contributed by atoms with E-state index in [0.29, 0.717) is 12.0 Å². The molecular weight excluding hydrogens is 228 g/mol. The molecule has 0 aromatic rings. The van der Waals surface area contributed by atoms with Crippen LogP contribution in [0.4, 0.5) is 0 Å². The molecule has 1 saturated heterocycles. The summed E-state index contributed by atoms with van der Waals surface area (Å²) in [4.78, 5) is 2.53. The molecule has 0 bridgehead atoms. The SMILES string of the molecule is COCCCOCCN1CCCNC(C(C)C)C1. The molecule has 1 aliphatic heterocycles. The first-order chi connectivity index (χ1) is 8.74. The van der Waals surface area contributed by atoms with E-state index < -0.39 is 0 Å². The van der Waals surface area contributed by atoms with Gasteiger partial charge in [0, 0.05) is 39.5 Å². The zero-order chi connectivity index (χ0) is 13.2. The standard InChI is InChI=1S/C14H30N2O2/c1-13(2)14-12-16(7-4-6-15-14)8-11-18-10-5-9-17-3/h13-15H,4-12H2,1-3H3. The highest BCUT2D eigenvalue weighted by Gasteiger charge is 2.19. The summed E-state index contributed by atoms with van der Waals surface area (Å²) in [7, 11) is 1.73. The van der Waals surface area contributed by atoms with Crippen molar-refractivity contribution in [3.05, 3.63) is 0 Å². The number of nitrogens with zero attached hydrogens (tertiary/aromatic N) is 1. The van der Waals surface area contributed by atoms with Crippen molar-refractivity contribution >= 4 is 0 Å². The van der Waals surface area contributed by atoms with Gasteiger partial charge in [0.2, 0.25) is 0 Å². The van der Waals surface area contributed by atoms with Crippen molar-refractivity contribution in [1.29, 1.82) is 0 Å². The van der Waals surface area contributed by atoms with Crippen LogP contribution in [0.25, 0.3) is 0 Å². The van der Waals surface area contributed by atoms with E-state index in [1.807, 2.05) is 0 Å². The third-order valence-electron chi connectivity index (χ3n) is 3.51. The van der Waals surface area contributed by atoms with E-state index in [9.17, 15) is 0 Å². The van der Waals surface area contributed by atoms with E-state index in [1.54, 1.807) is 7.11 Å². The van der Waals surface area contributed by atoms with Crippen LogP contribution in [-0.2, 0) is 9.47 Å². The fraction of sp³-hybridized carbons (Fsp3) is 1.00. The molecule has 0 spiro atoms. The Morgan fingerprint density at radius 2 is 2.11 bits per heavy atom. The van der Waals surface area contributed by atoms with Crippen LogP contribution < -0.4 is 5.32 Å². The van der Waals surface area contributed by atoms with E-state index >= 15 is 0 Å². The third kappa shape index (κ3) is 6.69. The first kappa shape index (κ1) is 15.9. The molecule has 0 aliphatic carbocycles. The number of ether oxygens (including phenoxy) is 2. The van der Waals surface area contributed by atoms with Crippen LogP contribution in [0.2, 0.25) is 0 Å². The molecule has 0 saturated carbocycles. The molecule has 108 valence electrons. The summed E-state index contributed by atoms with van der Waals surface area (Å²) in [5.74, 6) is 0.702. The maximum atomic E-state index is 5.63. The third-order valence-corrected chi connectivity index (χ3v) is 3.51. The monoisotopic (exact) mass is 258 g/mol. The Labute approximate surface area is 112 Å². The first-order valence-electron chi connectivity index (χ1n) is 7.26. The molecule has 0 radical (unpaired) electrons. The van der Waals surface area contributed by atoms with Crippen molar-refractivity contribution in [3.8, 4) is 0 Å². The molecule has 1 rings (SSSR count). The Bertz CT molecular complexity index is 200. The second-order valence-electron chi connectivity index (χ2n) is 5.42. The summed E-state index contributed by atoms with van der Waals surface area (Å²) in [6.07, 6.45) is 2.24. The number of nitrogens with one attached hydrogen (secondary N) is 1. The van der Waals surface area contributed by atoms with E-state index in [0.717, 1.165) is 45.9 Å². The van der Waals surface area contributed by atoms with Crippen molar-refractivity contribution in [2.45, 2.75) is 32.7 Å². The minimum absolute atomic E-state index is 0.626. The summed E-state index contributed by atoms with van der Waals surface area (Å²) in [6.45, 7) is 11.6. The van der Waals surface area contributed by atoms with Crippen molar-refractivity contribution in [2.24, 2.45) is 5.92 Å². The zero-order valence-electron chi connectivity index (χ0n) is 12.3. The van der Waals surface area contributed by atoms with Gasteiger partial charge in [-0.3, -0.25) is 4.90 Å². The molecule has 1 unspecified atom stereocenters. The Morgan fingerprint density at radius 3 is 2.83 bits per heavy atom. The number of rotatable bonds is 8. The molecule has 0 aromatic heterocycles. The minimum Gasteiger partial charge on any atom is -0.385 e. The van der Waals surface area contributed by atoms with Crippen molar-refractivity contribution in [1.82, 2.24) is 10.2 Å². The molecular formula is C14H30N2O2. The lowest BCUT2D eigenvalue weighted by atomic mass is 10.0. The van der Waals surface area contributed by atoms with E-state index in [4.69, 9.17) is 9.47 Å². The molecule has 1 N–H and O–H groups in total. The smallest absolute Gasteiger partial charge is 0.0593 e. The van der Waals surface area contributed by atoms with Crippen LogP contribution in [0.15, 0.2) is 0 Å². The fourth-order valence-electron chi connectivity index (χ4n) is 2.27. The van der Waals surface area contributed by atoms with Gasteiger partial charge in [0.05, 0.1) is 6.61 Å². The van der Waals surface area contributed by atoms with Gasteiger partial charge in [-0.05, 0) is 31.8 Å².